The Bertz CT molecular complexity index is 4580. The number of anilines is 3. The van der Waals surface area contributed by atoms with Crippen molar-refractivity contribution in [2.75, 3.05) is 4.90 Å². The predicted molar refractivity (Wildman–Crippen MR) is 305 cm³/mol. The molecule has 344 valence electrons. The van der Waals surface area contributed by atoms with E-state index in [-0.39, 0.29) is 0 Å². The first-order valence-corrected chi connectivity index (χ1v) is 25.4. The van der Waals surface area contributed by atoms with Gasteiger partial charge in [0.1, 0.15) is 0 Å². The third kappa shape index (κ3) is 5.52. The quantitative estimate of drug-likeness (QED) is 0.167. The summed E-state index contributed by atoms with van der Waals surface area (Å²) in [4.78, 5) is 13.3. The van der Waals surface area contributed by atoms with Gasteiger partial charge in [0.2, 0.25) is 5.95 Å². The Morgan fingerprint density at radius 3 is 1.65 bits per heavy atom. The van der Waals surface area contributed by atoms with Crippen LogP contribution in [0.5, 0.6) is 0 Å². The van der Waals surface area contributed by atoms with Crippen LogP contribution in [0.25, 0.3) is 99.7 Å². The van der Waals surface area contributed by atoms with Crippen LogP contribution in [-0.4, -0.2) is 19.1 Å². The molecule has 0 aliphatic heterocycles. The predicted octanol–water partition coefficient (Wildman–Crippen LogP) is 17.3. The highest BCUT2D eigenvalue weighted by molar-refractivity contribution is 6.18. The molecule has 11 aromatic carbocycles. The van der Waals surface area contributed by atoms with E-state index in [2.05, 4.69) is 275 Å². The molecule has 0 N–H and O–H groups in total. The van der Waals surface area contributed by atoms with Crippen LogP contribution in [0.2, 0.25) is 0 Å². The Hall–Kier alpha value is -9.84. The zero-order chi connectivity index (χ0) is 48.5. The molecule has 2 aliphatic carbocycles. The number of hydrogen-bond acceptors (Lipinski definition) is 3. The third-order valence-corrected chi connectivity index (χ3v) is 15.9. The maximum Gasteiger partial charge on any atom is 0.235 e. The second-order valence-corrected chi connectivity index (χ2v) is 19.6. The third-order valence-electron chi connectivity index (χ3n) is 15.9. The minimum atomic E-state index is -0.508. The molecule has 0 fully saturated rings. The minimum Gasteiger partial charge on any atom is -0.309 e. The summed E-state index contributed by atoms with van der Waals surface area (Å²) in [6, 6.07) is 95.3. The van der Waals surface area contributed by atoms with Gasteiger partial charge in [-0.2, -0.15) is 0 Å². The topological polar surface area (TPSA) is 38.9 Å². The summed E-state index contributed by atoms with van der Waals surface area (Å²) >= 11 is 0. The van der Waals surface area contributed by atoms with E-state index in [0.29, 0.717) is 5.95 Å². The van der Waals surface area contributed by atoms with E-state index in [4.69, 9.17) is 9.97 Å². The highest BCUT2D eigenvalue weighted by Crippen LogP contribution is 2.65. The first-order valence-electron chi connectivity index (χ1n) is 25.4. The number of nitrogens with zero attached hydrogens (tertiary/aromatic N) is 5. The van der Waals surface area contributed by atoms with Crippen molar-refractivity contribution >= 4 is 71.6 Å². The van der Waals surface area contributed by atoms with Crippen molar-refractivity contribution in [1.82, 2.24) is 19.1 Å². The van der Waals surface area contributed by atoms with Crippen LogP contribution in [0.1, 0.15) is 22.3 Å². The average molecular weight is 942 g/mol. The number of fused-ring (bicyclic) bond motifs is 17. The molecule has 0 unspecified atom stereocenters. The van der Waals surface area contributed by atoms with Crippen molar-refractivity contribution in [2.24, 2.45) is 0 Å². The van der Waals surface area contributed by atoms with Gasteiger partial charge in [0.05, 0.1) is 50.1 Å². The Morgan fingerprint density at radius 1 is 0.351 bits per heavy atom. The highest BCUT2D eigenvalue weighted by Gasteiger charge is 2.52. The molecule has 0 bridgehead atoms. The van der Waals surface area contributed by atoms with Crippen LogP contribution in [0.3, 0.4) is 0 Å². The molecular formula is C69H43N5. The molecule has 14 aromatic rings. The first-order chi connectivity index (χ1) is 36.8. The van der Waals surface area contributed by atoms with E-state index in [1.807, 2.05) is 0 Å². The summed E-state index contributed by atoms with van der Waals surface area (Å²) in [6.45, 7) is 0. The number of benzene rings is 11. The molecule has 1 spiro atoms. The molecule has 5 heteroatoms. The van der Waals surface area contributed by atoms with Crippen LogP contribution in [0.15, 0.2) is 261 Å². The lowest BCUT2D eigenvalue weighted by molar-refractivity contribution is 0.794. The maximum absolute atomic E-state index is 5.42. The molecular weight excluding hydrogens is 899 g/mol. The van der Waals surface area contributed by atoms with Gasteiger partial charge in [-0.15, -0.1) is 0 Å². The van der Waals surface area contributed by atoms with E-state index in [1.165, 1.54) is 55.3 Å². The van der Waals surface area contributed by atoms with E-state index in [1.54, 1.807) is 0 Å². The lowest BCUT2D eigenvalue weighted by Crippen LogP contribution is -2.26. The SMILES string of the molecule is c1ccc(-c2nc(-n3c4ccccc4c4cc(N(c5cccc6c5-c5ccccc5C65c6ccccc6-c6ccccc65)c5cccc6c5c5ccccc5n6-c5ccccc5)ccc43)nc3ccccc23)cc1. The van der Waals surface area contributed by atoms with Crippen LogP contribution < -0.4 is 4.90 Å². The van der Waals surface area contributed by atoms with Gasteiger partial charge in [-0.3, -0.25) is 4.57 Å². The van der Waals surface area contributed by atoms with Crippen molar-refractivity contribution < 1.29 is 0 Å². The van der Waals surface area contributed by atoms with Gasteiger partial charge in [-0.25, -0.2) is 9.97 Å². The van der Waals surface area contributed by atoms with Crippen LogP contribution in [0, 0.1) is 0 Å². The standard InChI is InChI=1S/C69H43N5/c1-3-21-44(22-4-1)67-51-29-10-16-35-58(51)70-68(71-67)74-59-36-17-11-27-49(59)53-43-46(41-42-61(53)74)73(64-40-20-39-63-66(64)52-30-12-18-37-60(52)72(63)45-23-5-2-6-24-45)62-38-19-34-57-65(62)50-28-9-15-33-56(50)69(57)54-31-13-7-25-47(54)48-26-8-14-32-55(48)69/h1-43H. The fraction of sp³-hybridized carbons (Fsp3) is 0.0145. The molecule has 0 atom stereocenters. The molecule has 0 saturated carbocycles. The van der Waals surface area contributed by atoms with E-state index >= 15 is 0 Å². The summed E-state index contributed by atoms with van der Waals surface area (Å²) in [5.41, 5.74) is 21.4. The fourth-order valence-electron chi connectivity index (χ4n) is 13.1. The molecule has 2 aliphatic rings. The summed E-state index contributed by atoms with van der Waals surface area (Å²) in [7, 11) is 0. The zero-order valence-corrected chi connectivity index (χ0v) is 40.1. The van der Waals surface area contributed by atoms with Crippen LogP contribution >= 0.6 is 0 Å². The van der Waals surface area contributed by atoms with Gasteiger partial charge in [0.25, 0.3) is 0 Å². The fourth-order valence-corrected chi connectivity index (χ4v) is 13.1. The van der Waals surface area contributed by atoms with Crippen molar-refractivity contribution in [3.05, 3.63) is 283 Å². The molecule has 0 radical (unpaired) electrons. The van der Waals surface area contributed by atoms with E-state index in [9.17, 15) is 0 Å². The zero-order valence-electron chi connectivity index (χ0n) is 40.1. The highest BCUT2D eigenvalue weighted by atomic mass is 15.2. The molecule has 3 heterocycles. The molecule has 16 rings (SSSR count). The summed E-state index contributed by atoms with van der Waals surface area (Å²) in [5, 5.41) is 5.64. The Kier molecular flexibility index (Phi) is 8.60. The first kappa shape index (κ1) is 40.8. The number of hydrogen-bond donors (Lipinski definition) is 0. The van der Waals surface area contributed by atoms with Crippen molar-refractivity contribution in [3.63, 3.8) is 0 Å². The molecule has 5 nitrogen and oxygen atoms in total. The summed E-state index contributed by atoms with van der Waals surface area (Å²) < 4.78 is 4.67. The normalized spacial score (nSPS) is 13.0. The molecule has 74 heavy (non-hydrogen) atoms. The Labute approximate surface area is 427 Å². The van der Waals surface area contributed by atoms with Gasteiger partial charge in [-0.05, 0) is 106 Å². The summed E-state index contributed by atoms with van der Waals surface area (Å²) in [5.74, 6) is 0.636. The monoisotopic (exact) mass is 941 g/mol. The van der Waals surface area contributed by atoms with Gasteiger partial charge in [-0.1, -0.05) is 194 Å². The lowest BCUT2D eigenvalue weighted by atomic mass is 9.70. The van der Waals surface area contributed by atoms with Gasteiger partial charge < -0.3 is 9.47 Å². The Morgan fingerprint density at radius 2 is 0.892 bits per heavy atom. The number of para-hydroxylation sites is 4. The second-order valence-electron chi connectivity index (χ2n) is 19.6. The Balaban J connectivity index is 1.01. The summed E-state index contributed by atoms with van der Waals surface area (Å²) in [6.07, 6.45) is 0. The van der Waals surface area contributed by atoms with Crippen molar-refractivity contribution in [2.45, 2.75) is 5.41 Å². The molecule has 3 aromatic heterocycles. The lowest BCUT2D eigenvalue weighted by Gasteiger charge is -2.32. The number of aromatic nitrogens is 4. The van der Waals surface area contributed by atoms with Gasteiger partial charge in [0, 0.05) is 49.4 Å². The molecule has 0 saturated heterocycles. The minimum absolute atomic E-state index is 0.508. The molecule has 0 amide bonds. The number of rotatable bonds is 6. The van der Waals surface area contributed by atoms with Gasteiger partial charge in [0.15, 0.2) is 0 Å². The van der Waals surface area contributed by atoms with Gasteiger partial charge >= 0.3 is 0 Å². The second kappa shape index (κ2) is 15.6. The maximum atomic E-state index is 5.42. The van der Waals surface area contributed by atoms with Crippen LogP contribution in [0.4, 0.5) is 17.1 Å². The van der Waals surface area contributed by atoms with E-state index in [0.717, 1.165) is 77.7 Å². The van der Waals surface area contributed by atoms with Crippen LogP contribution in [-0.2, 0) is 5.41 Å². The average Bonchev–Trinajstić information content (AvgIpc) is 4.32. The van der Waals surface area contributed by atoms with Crippen molar-refractivity contribution in [3.8, 4) is 45.1 Å². The largest absolute Gasteiger partial charge is 0.309 e. The van der Waals surface area contributed by atoms with Crippen molar-refractivity contribution in [1.29, 1.82) is 0 Å². The van der Waals surface area contributed by atoms with E-state index < -0.39 is 5.41 Å². The smallest absolute Gasteiger partial charge is 0.235 e.